The fourth-order valence-electron chi connectivity index (χ4n) is 2.98. The lowest BCUT2D eigenvalue weighted by atomic mass is 10.3. The predicted octanol–water partition coefficient (Wildman–Crippen LogP) is 3.35. The van der Waals surface area contributed by atoms with Gasteiger partial charge in [-0.25, -0.2) is 0 Å². The minimum atomic E-state index is -0.286. The fourth-order valence-corrected chi connectivity index (χ4v) is 4.41. The van der Waals surface area contributed by atoms with Crippen LogP contribution in [0.1, 0.15) is 23.1 Å². The van der Waals surface area contributed by atoms with Crippen LogP contribution < -0.4 is 14.3 Å². The zero-order chi connectivity index (χ0) is 20.3. The van der Waals surface area contributed by atoms with E-state index >= 15 is 0 Å². The summed E-state index contributed by atoms with van der Waals surface area (Å²) in [6.45, 7) is 5.20. The van der Waals surface area contributed by atoms with Crippen LogP contribution in [0.25, 0.3) is 10.2 Å². The molecule has 0 aliphatic rings. The van der Waals surface area contributed by atoms with Crippen LogP contribution in [-0.4, -0.2) is 46.5 Å². The number of amides is 1. The number of benzene rings is 1. The van der Waals surface area contributed by atoms with Crippen LogP contribution in [0.4, 0.5) is 0 Å². The van der Waals surface area contributed by atoms with Crippen molar-refractivity contribution < 1.29 is 14.3 Å². The molecule has 0 saturated carbocycles. The third-order valence-corrected chi connectivity index (χ3v) is 5.96. The van der Waals surface area contributed by atoms with Gasteiger partial charge in [0, 0.05) is 31.0 Å². The number of ether oxygens (including phenoxy) is 2. The lowest BCUT2D eigenvalue weighted by Gasteiger charge is -2.09. The maximum Gasteiger partial charge on any atom is 0.297 e. The van der Waals surface area contributed by atoms with E-state index in [-0.39, 0.29) is 5.91 Å². The average molecular weight is 421 g/mol. The van der Waals surface area contributed by atoms with Gasteiger partial charge in [-0.3, -0.25) is 9.48 Å². The number of carbonyl (C=O) groups excluding carboxylic acids is 1. The van der Waals surface area contributed by atoms with Crippen molar-refractivity contribution in [3.05, 3.63) is 34.4 Å². The number of rotatable bonds is 7. The van der Waals surface area contributed by atoms with E-state index in [4.69, 9.17) is 9.47 Å². The number of nitrogens with zero attached hydrogens (tertiary/aromatic N) is 4. The smallest absolute Gasteiger partial charge is 0.297 e. The first-order valence-electron chi connectivity index (χ1n) is 8.90. The number of hydrogen-bond acceptors (Lipinski definition) is 6. The summed E-state index contributed by atoms with van der Waals surface area (Å²) < 4.78 is 15.6. The minimum absolute atomic E-state index is 0.286. The molecule has 150 valence electrons. The van der Waals surface area contributed by atoms with Gasteiger partial charge in [-0.05, 0) is 26.2 Å². The zero-order valence-electron chi connectivity index (χ0n) is 16.7. The molecule has 3 aromatic rings. The van der Waals surface area contributed by atoms with Crippen molar-refractivity contribution in [3.8, 4) is 11.5 Å². The van der Waals surface area contributed by atoms with E-state index in [0.717, 1.165) is 28.2 Å². The number of methoxy groups -OCH3 is 2. The molecule has 0 aliphatic heterocycles. The lowest BCUT2D eigenvalue weighted by Crippen LogP contribution is -2.19. The summed E-state index contributed by atoms with van der Waals surface area (Å²) in [5.41, 5.74) is 2.29. The first kappa shape index (κ1) is 20.5. The molecule has 0 fully saturated rings. The molecule has 0 aliphatic carbocycles. The predicted molar refractivity (Wildman–Crippen MR) is 114 cm³/mol. The Hall–Kier alpha value is -2.26. The third kappa shape index (κ3) is 3.95. The van der Waals surface area contributed by atoms with Gasteiger partial charge in [0.1, 0.15) is 5.69 Å². The number of hydrogen-bond donors (Lipinski definition) is 0. The molecule has 1 aromatic carbocycles. The number of aromatic nitrogens is 3. The van der Waals surface area contributed by atoms with Gasteiger partial charge in [-0.2, -0.15) is 21.9 Å². The third-order valence-electron chi connectivity index (χ3n) is 4.33. The maximum absolute atomic E-state index is 12.9. The van der Waals surface area contributed by atoms with Crippen molar-refractivity contribution in [3.63, 3.8) is 0 Å². The van der Waals surface area contributed by atoms with E-state index in [9.17, 15) is 4.79 Å². The van der Waals surface area contributed by atoms with Crippen LogP contribution in [-0.2, 0) is 13.1 Å². The van der Waals surface area contributed by atoms with Crippen molar-refractivity contribution in [2.24, 2.45) is 4.99 Å². The molecule has 1 amide bonds. The SMILES string of the molecule is CCn1nc(C)cc1C(=O)N=c1sc2cc(OC)c(OC)cc2n1CCSC. The molecule has 2 heterocycles. The number of aryl methyl sites for hydroxylation is 3. The Labute approximate surface area is 172 Å². The van der Waals surface area contributed by atoms with Crippen molar-refractivity contribution in [2.45, 2.75) is 26.9 Å². The van der Waals surface area contributed by atoms with Crippen LogP contribution in [0, 0.1) is 6.92 Å². The van der Waals surface area contributed by atoms with Crippen LogP contribution in [0.5, 0.6) is 11.5 Å². The van der Waals surface area contributed by atoms with Crippen molar-refractivity contribution in [1.82, 2.24) is 14.3 Å². The van der Waals surface area contributed by atoms with E-state index in [2.05, 4.69) is 20.9 Å². The molecule has 0 N–H and O–H groups in total. The number of fused-ring (bicyclic) bond motifs is 1. The van der Waals surface area contributed by atoms with Crippen molar-refractivity contribution >= 4 is 39.2 Å². The molecular weight excluding hydrogens is 396 g/mol. The molecule has 2 aromatic heterocycles. The van der Waals surface area contributed by atoms with Gasteiger partial charge in [0.25, 0.3) is 5.91 Å². The summed E-state index contributed by atoms with van der Waals surface area (Å²) in [6, 6.07) is 5.65. The second-order valence-electron chi connectivity index (χ2n) is 6.11. The second-order valence-corrected chi connectivity index (χ2v) is 8.10. The highest BCUT2D eigenvalue weighted by Crippen LogP contribution is 2.33. The van der Waals surface area contributed by atoms with E-state index < -0.39 is 0 Å². The largest absolute Gasteiger partial charge is 0.493 e. The summed E-state index contributed by atoms with van der Waals surface area (Å²) >= 11 is 3.21. The fraction of sp³-hybridized carbons (Fsp3) is 0.421. The molecule has 0 unspecified atom stereocenters. The summed E-state index contributed by atoms with van der Waals surface area (Å²) in [6.07, 6.45) is 2.06. The highest BCUT2D eigenvalue weighted by Gasteiger charge is 2.16. The normalized spacial score (nSPS) is 12.0. The van der Waals surface area contributed by atoms with E-state index in [1.54, 1.807) is 36.7 Å². The van der Waals surface area contributed by atoms with Crippen molar-refractivity contribution in [1.29, 1.82) is 0 Å². The van der Waals surface area contributed by atoms with Gasteiger partial charge in [0.15, 0.2) is 16.3 Å². The van der Waals surface area contributed by atoms with E-state index in [0.29, 0.717) is 28.5 Å². The lowest BCUT2D eigenvalue weighted by molar-refractivity contribution is 0.0987. The number of carbonyl (C=O) groups is 1. The average Bonchev–Trinajstić information content (AvgIpc) is 3.24. The molecular formula is C19H24N4O3S2. The molecule has 28 heavy (non-hydrogen) atoms. The van der Waals surface area contributed by atoms with Gasteiger partial charge in [0.05, 0.1) is 30.1 Å². The molecule has 7 nitrogen and oxygen atoms in total. The standard InChI is InChI=1S/C19H24N4O3S2/c1-6-23-14(9-12(2)21-23)18(24)20-19-22(7-8-27-5)13-10-15(25-3)16(26-4)11-17(13)28-19/h9-11H,6-8H2,1-5H3. The van der Waals surface area contributed by atoms with Crippen LogP contribution in [0.3, 0.4) is 0 Å². The summed E-state index contributed by atoms with van der Waals surface area (Å²) in [7, 11) is 3.23. The topological polar surface area (TPSA) is 70.6 Å². The zero-order valence-corrected chi connectivity index (χ0v) is 18.3. The number of thioether (sulfide) groups is 1. The van der Waals surface area contributed by atoms with E-state index in [1.807, 2.05) is 26.0 Å². The Morgan fingerprint density at radius 2 is 1.96 bits per heavy atom. The molecule has 0 spiro atoms. The van der Waals surface area contributed by atoms with Crippen LogP contribution in [0.15, 0.2) is 23.2 Å². The molecule has 0 saturated heterocycles. The van der Waals surface area contributed by atoms with Gasteiger partial charge >= 0.3 is 0 Å². The van der Waals surface area contributed by atoms with Gasteiger partial charge in [-0.15, -0.1) is 0 Å². The Bertz CT molecular complexity index is 1070. The maximum atomic E-state index is 12.9. The van der Waals surface area contributed by atoms with Gasteiger partial charge < -0.3 is 14.0 Å². The minimum Gasteiger partial charge on any atom is -0.493 e. The Kier molecular flexibility index (Phi) is 6.46. The molecule has 0 atom stereocenters. The molecule has 9 heteroatoms. The Morgan fingerprint density at radius 3 is 2.61 bits per heavy atom. The molecule has 0 radical (unpaired) electrons. The van der Waals surface area contributed by atoms with Crippen LogP contribution >= 0.6 is 23.1 Å². The summed E-state index contributed by atoms with van der Waals surface area (Å²) in [5.74, 6) is 1.94. The molecule has 0 bridgehead atoms. The Morgan fingerprint density at radius 1 is 1.25 bits per heavy atom. The highest BCUT2D eigenvalue weighted by atomic mass is 32.2. The van der Waals surface area contributed by atoms with Gasteiger partial charge in [0.2, 0.25) is 0 Å². The number of thiazole rings is 1. The summed E-state index contributed by atoms with van der Waals surface area (Å²) in [5, 5.41) is 4.35. The summed E-state index contributed by atoms with van der Waals surface area (Å²) in [4.78, 5) is 18.0. The first-order valence-corrected chi connectivity index (χ1v) is 11.1. The van der Waals surface area contributed by atoms with E-state index in [1.165, 1.54) is 11.3 Å². The van der Waals surface area contributed by atoms with Crippen LogP contribution in [0.2, 0.25) is 0 Å². The quantitative estimate of drug-likeness (QED) is 0.586. The van der Waals surface area contributed by atoms with Gasteiger partial charge in [-0.1, -0.05) is 11.3 Å². The molecule has 3 rings (SSSR count). The first-order chi connectivity index (χ1) is 13.5. The second kappa shape index (κ2) is 8.83. The monoisotopic (exact) mass is 420 g/mol. The highest BCUT2D eigenvalue weighted by molar-refractivity contribution is 7.98. The van der Waals surface area contributed by atoms with Crippen molar-refractivity contribution in [2.75, 3.05) is 26.2 Å². The Balaban J connectivity index is 2.17.